The lowest BCUT2D eigenvalue weighted by molar-refractivity contribution is -0.115. The van der Waals surface area contributed by atoms with Crippen molar-refractivity contribution in [1.29, 1.82) is 0 Å². The highest BCUT2D eigenvalue weighted by atomic mass is 32.2. The van der Waals surface area contributed by atoms with Gasteiger partial charge in [-0.2, -0.15) is 0 Å². The van der Waals surface area contributed by atoms with Crippen LogP contribution in [0.2, 0.25) is 0 Å². The van der Waals surface area contributed by atoms with Gasteiger partial charge in [-0.15, -0.1) is 0 Å². The number of aromatic nitrogens is 4. The summed E-state index contributed by atoms with van der Waals surface area (Å²) < 4.78 is 0. The maximum absolute atomic E-state index is 12.6. The molecule has 1 atom stereocenters. The highest BCUT2D eigenvalue weighted by Gasteiger charge is 2.27. The van der Waals surface area contributed by atoms with Crippen LogP contribution in [0.3, 0.4) is 0 Å². The Hall–Kier alpha value is -3.34. The van der Waals surface area contributed by atoms with Gasteiger partial charge in [0.1, 0.15) is 5.69 Å². The second-order valence-corrected chi connectivity index (χ2v) is 7.50. The van der Waals surface area contributed by atoms with Crippen molar-refractivity contribution in [1.82, 2.24) is 30.2 Å². The van der Waals surface area contributed by atoms with Gasteiger partial charge in [0.25, 0.3) is 17.1 Å². The molecule has 0 aliphatic carbocycles. The average molecular weight is 411 g/mol. The molecule has 0 bridgehead atoms. The van der Waals surface area contributed by atoms with Crippen molar-refractivity contribution in [2.24, 2.45) is 0 Å². The Labute approximate surface area is 170 Å². The number of amides is 3. The van der Waals surface area contributed by atoms with E-state index in [-0.39, 0.29) is 16.9 Å². The van der Waals surface area contributed by atoms with Crippen molar-refractivity contribution < 1.29 is 14.4 Å². The first-order chi connectivity index (χ1) is 14.1. The van der Waals surface area contributed by atoms with Crippen LogP contribution < -0.4 is 10.6 Å². The number of nitrogens with one attached hydrogen (secondary N) is 2. The molecular formula is C18H17N7O3S. The van der Waals surface area contributed by atoms with Crippen LogP contribution in [0.15, 0.2) is 35.8 Å². The van der Waals surface area contributed by atoms with Crippen molar-refractivity contribution in [3.05, 3.63) is 47.1 Å². The third-order valence-electron chi connectivity index (χ3n) is 4.42. The molecule has 3 amide bonds. The number of carbonyl (C=O) groups is 3. The molecule has 11 heteroatoms. The maximum atomic E-state index is 12.6. The van der Waals surface area contributed by atoms with Crippen LogP contribution in [0.25, 0.3) is 6.08 Å². The van der Waals surface area contributed by atoms with E-state index in [4.69, 9.17) is 0 Å². The van der Waals surface area contributed by atoms with Gasteiger partial charge in [-0.05, 0) is 36.7 Å². The smallest absolute Gasteiger partial charge is 0.290 e. The molecule has 2 aromatic heterocycles. The number of rotatable bonds is 4. The van der Waals surface area contributed by atoms with Gasteiger partial charge in [-0.3, -0.25) is 24.7 Å². The zero-order valence-electron chi connectivity index (χ0n) is 15.2. The molecule has 2 saturated heterocycles. The molecule has 0 radical (unpaired) electrons. The summed E-state index contributed by atoms with van der Waals surface area (Å²) >= 11 is 0.837. The van der Waals surface area contributed by atoms with Crippen molar-refractivity contribution in [2.45, 2.75) is 18.9 Å². The minimum atomic E-state index is -0.432. The number of hydrogen-bond acceptors (Lipinski definition) is 9. The van der Waals surface area contributed by atoms with E-state index >= 15 is 0 Å². The third-order valence-corrected chi connectivity index (χ3v) is 5.23. The first-order valence-electron chi connectivity index (χ1n) is 8.98. The second-order valence-electron chi connectivity index (χ2n) is 6.48. The van der Waals surface area contributed by atoms with E-state index in [0.29, 0.717) is 30.4 Å². The van der Waals surface area contributed by atoms with Crippen LogP contribution in [0.1, 0.15) is 29.0 Å². The van der Waals surface area contributed by atoms with Crippen LogP contribution in [-0.4, -0.2) is 61.0 Å². The SMILES string of the molecule is O=C1NC(=O)C(=Cc2ccnc(N[C@H]3CCCN(C(=O)c4cnccn4)C3)n2)S1. The number of piperidine rings is 1. The number of anilines is 1. The van der Waals surface area contributed by atoms with E-state index in [1.54, 1.807) is 23.2 Å². The van der Waals surface area contributed by atoms with E-state index in [9.17, 15) is 14.4 Å². The maximum Gasteiger partial charge on any atom is 0.290 e. The van der Waals surface area contributed by atoms with E-state index in [1.807, 2.05) is 0 Å². The monoisotopic (exact) mass is 411 g/mol. The lowest BCUT2D eigenvalue weighted by Crippen LogP contribution is -2.45. The Morgan fingerprint density at radius 2 is 2.17 bits per heavy atom. The molecule has 0 aromatic carbocycles. The molecule has 148 valence electrons. The van der Waals surface area contributed by atoms with Gasteiger partial charge in [0, 0.05) is 37.7 Å². The number of thioether (sulfide) groups is 1. The van der Waals surface area contributed by atoms with Gasteiger partial charge in [0.05, 0.1) is 16.8 Å². The molecule has 2 aliphatic rings. The zero-order valence-corrected chi connectivity index (χ0v) is 16.1. The van der Waals surface area contributed by atoms with Gasteiger partial charge >= 0.3 is 0 Å². The lowest BCUT2D eigenvalue weighted by atomic mass is 10.1. The number of carbonyl (C=O) groups excluding carboxylic acids is 3. The van der Waals surface area contributed by atoms with Crippen LogP contribution in [-0.2, 0) is 4.79 Å². The standard InChI is InChI=1S/C18H17N7O3S/c26-15-14(29-18(28)24-15)8-11-3-4-21-17(22-11)23-12-2-1-7-25(10-12)16(27)13-9-19-5-6-20-13/h3-6,8-9,12H,1-2,7,10H2,(H,21,22,23)(H,24,26,28)/t12-/m0/s1. The number of hydrogen-bond donors (Lipinski definition) is 2. The molecule has 2 fully saturated rings. The fourth-order valence-electron chi connectivity index (χ4n) is 3.11. The summed E-state index contributed by atoms with van der Waals surface area (Å²) in [6, 6.07) is 1.64. The normalized spacial score (nSPS) is 20.6. The van der Waals surface area contributed by atoms with Crippen molar-refractivity contribution in [2.75, 3.05) is 18.4 Å². The molecule has 4 heterocycles. The van der Waals surface area contributed by atoms with E-state index in [2.05, 4.69) is 30.6 Å². The molecule has 4 rings (SSSR count). The van der Waals surface area contributed by atoms with Gasteiger partial charge < -0.3 is 10.2 Å². The van der Waals surface area contributed by atoms with E-state index < -0.39 is 11.1 Å². The summed E-state index contributed by atoms with van der Waals surface area (Å²) in [5, 5.41) is 5.05. The highest BCUT2D eigenvalue weighted by molar-refractivity contribution is 8.18. The molecule has 0 spiro atoms. The summed E-state index contributed by atoms with van der Waals surface area (Å²) in [7, 11) is 0. The van der Waals surface area contributed by atoms with Crippen molar-refractivity contribution >= 4 is 40.8 Å². The summed E-state index contributed by atoms with van der Waals surface area (Å²) in [5.41, 5.74) is 0.832. The summed E-state index contributed by atoms with van der Waals surface area (Å²) in [6.45, 7) is 1.15. The van der Waals surface area contributed by atoms with Gasteiger partial charge in [0.15, 0.2) is 0 Å². The molecule has 2 aromatic rings. The first kappa shape index (κ1) is 19.0. The van der Waals surface area contributed by atoms with Gasteiger partial charge in [-0.25, -0.2) is 15.0 Å². The van der Waals surface area contributed by atoms with Crippen molar-refractivity contribution in [3.8, 4) is 0 Å². The molecular weight excluding hydrogens is 394 g/mol. The molecule has 0 saturated carbocycles. The van der Waals surface area contributed by atoms with E-state index in [0.717, 1.165) is 24.6 Å². The zero-order chi connectivity index (χ0) is 20.2. The Morgan fingerprint density at radius 3 is 2.93 bits per heavy atom. The lowest BCUT2D eigenvalue weighted by Gasteiger charge is -2.32. The minimum absolute atomic E-state index is 0.0157. The Kier molecular flexibility index (Phi) is 5.47. The topological polar surface area (TPSA) is 130 Å². The Morgan fingerprint density at radius 1 is 1.28 bits per heavy atom. The molecule has 2 aliphatic heterocycles. The highest BCUT2D eigenvalue weighted by Crippen LogP contribution is 2.25. The van der Waals surface area contributed by atoms with Gasteiger partial charge in [0.2, 0.25) is 5.95 Å². The van der Waals surface area contributed by atoms with Gasteiger partial charge in [-0.1, -0.05) is 0 Å². The predicted molar refractivity (Wildman–Crippen MR) is 106 cm³/mol. The fraction of sp³-hybridized carbons (Fsp3) is 0.278. The molecule has 2 N–H and O–H groups in total. The summed E-state index contributed by atoms with van der Waals surface area (Å²) in [4.78, 5) is 54.2. The molecule has 0 unspecified atom stereocenters. The number of nitrogens with zero attached hydrogens (tertiary/aromatic N) is 5. The molecule has 10 nitrogen and oxygen atoms in total. The van der Waals surface area contributed by atoms with Crippen LogP contribution in [0, 0.1) is 0 Å². The van der Waals surface area contributed by atoms with E-state index in [1.165, 1.54) is 18.6 Å². The summed E-state index contributed by atoms with van der Waals surface area (Å²) in [6.07, 6.45) is 9.31. The van der Waals surface area contributed by atoms with Crippen LogP contribution in [0.4, 0.5) is 10.7 Å². The Bertz CT molecular complexity index is 982. The summed E-state index contributed by atoms with van der Waals surface area (Å²) in [5.74, 6) is -0.190. The minimum Gasteiger partial charge on any atom is -0.350 e. The second kappa shape index (κ2) is 8.35. The number of imide groups is 1. The average Bonchev–Trinajstić information content (AvgIpc) is 3.05. The largest absolute Gasteiger partial charge is 0.350 e. The van der Waals surface area contributed by atoms with Crippen molar-refractivity contribution in [3.63, 3.8) is 0 Å². The third kappa shape index (κ3) is 4.57. The quantitative estimate of drug-likeness (QED) is 0.715. The van der Waals surface area contributed by atoms with Crippen LogP contribution >= 0.6 is 11.8 Å². The van der Waals surface area contributed by atoms with Crippen LogP contribution in [0.5, 0.6) is 0 Å². The first-order valence-corrected chi connectivity index (χ1v) is 9.80. The fourth-order valence-corrected chi connectivity index (χ4v) is 3.78. The number of likely N-dealkylation sites (tertiary alicyclic amines) is 1. The Balaban J connectivity index is 1.43. The molecule has 29 heavy (non-hydrogen) atoms. The predicted octanol–water partition coefficient (Wildman–Crippen LogP) is 1.31.